The predicted octanol–water partition coefficient (Wildman–Crippen LogP) is 4.33. The Labute approximate surface area is 133 Å². The largest absolute Gasteiger partial charge is 0.300 e. The van der Waals surface area contributed by atoms with Crippen LogP contribution in [0.5, 0.6) is 0 Å². The van der Waals surface area contributed by atoms with E-state index in [-0.39, 0.29) is 16.2 Å². The second-order valence-corrected chi connectivity index (χ2v) is 9.08. The van der Waals surface area contributed by atoms with E-state index >= 15 is 0 Å². The van der Waals surface area contributed by atoms with Gasteiger partial charge in [0.25, 0.3) is 0 Å². The number of fused-ring (bicyclic) bond motifs is 5. The zero-order valence-electron chi connectivity index (χ0n) is 14.2. The lowest BCUT2D eigenvalue weighted by Gasteiger charge is -2.63. The number of rotatable bonds is 0. The van der Waals surface area contributed by atoms with Crippen LogP contribution >= 0.6 is 0 Å². The number of allylic oxidation sites excluding steroid dienone is 2. The predicted molar refractivity (Wildman–Crippen MR) is 86.3 cm³/mol. The first-order chi connectivity index (χ1) is 10.3. The zero-order valence-corrected chi connectivity index (χ0v) is 14.2. The van der Waals surface area contributed by atoms with Gasteiger partial charge >= 0.3 is 0 Å². The highest BCUT2D eigenvalue weighted by Gasteiger charge is 2.64. The molecule has 0 saturated heterocycles. The third-order valence-corrected chi connectivity index (χ3v) is 8.52. The van der Waals surface area contributed by atoms with E-state index in [0.717, 1.165) is 44.9 Å². The normalized spacial score (nSPS) is 53.9. The van der Waals surface area contributed by atoms with Gasteiger partial charge < -0.3 is 0 Å². The van der Waals surface area contributed by atoms with Gasteiger partial charge in [-0.05, 0) is 54.3 Å². The summed E-state index contributed by atoms with van der Waals surface area (Å²) in [4.78, 5) is 24.4. The monoisotopic (exact) mass is 300 g/mol. The minimum absolute atomic E-state index is 0.0812. The highest BCUT2D eigenvalue weighted by molar-refractivity contribution is 5.87. The Bertz CT molecular complexity index is 576. The molecule has 4 aliphatic carbocycles. The van der Waals surface area contributed by atoms with Crippen LogP contribution in [0.4, 0.5) is 0 Å². The van der Waals surface area contributed by atoms with E-state index in [2.05, 4.69) is 32.9 Å². The molecule has 120 valence electrons. The van der Waals surface area contributed by atoms with Crippen molar-refractivity contribution in [2.24, 2.45) is 34.0 Å². The van der Waals surface area contributed by atoms with Crippen molar-refractivity contribution >= 4 is 11.6 Å². The third-order valence-electron chi connectivity index (χ3n) is 8.52. The first-order valence-electron chi connectivity index (χ1n) is 9.05. The number of ketones is 2. The summed E-state index contributed by atoms with van der Waals surface area (Å²) in [5.41, 5.74) is 0.400. The molecule has 4 aliphatic rings. The fourth-order valence-corrected chi connectivity index (χ4v) is 6.54. The van der Waals surface area contributed by atoms with E-state index in [0.29, 0.717) is 29.3 Å². The van der Waals surface area contributed by atoms with Crippen molar-refractivity contribution < 1.29 is 9.59 Å². The van der Waals surface area contributed by atoms with Gasteiger partial charge in [-0.3, -0.25) is 9.59 Å². The maximum atomic E-state index is 12.4. The first-order valence-corrected chi connectivity index (χ1v) is 9.05. The molecule has 0 radical (unpaired) electrons. The second-order valence-electron chi connectivity index (χ2n) is 9.08. The van der Waals surface area contributed by atoms with Crippen LogP contribution in [0.25, 0.3) is 0 Å². The summed E-state index contributed by atoms with van der Waals surface area (Å²) >= 11 is 0. The molecule has 0 bridgehead atoms. The molecule has 22 heavy (non-hydrogen) atoms. The highest BCUT2D eigenvalue weighted by atomic mass is 16.1. The van der Waals surface area contributed by atoms with Crippen LogP contribution in [0.1, 0.15) is 65.7 Å². The molecule has 0 amide bonds. The van der Waals surface area contributed by atoms with Gasteiger partial charge in [-0.1, -0.05) is 32.9 Å². The van der Waals surface area contributed by atoms with Crippen molar-refractivity contribution in [1.29, 1.82) is 0 Å². The molecule has 2 heteroatoms. The van der Waals surface area contributed by atoms with Crippen LogP contribution in [-0.2, 0) is 9.59 Å². The molecule has 4 rings (SSSR count). The van der Waals surface area contributed by atoms with E-state index in [1.807, 2.05) is 0 Å². The van der Waals surface area contributed by atoms with Crippen LogP contribution in [0.15, 0.2) is 12.2 Å². The molecule has 0 aliphatic heterocycles. The lowest BCUT2D eigenvalue weighted by molar-refractivity contribution is -0.148. The first kappa shape index (κ1) is 14.7. The lowest BCUT2D eigenvalue weighted by atomic mass is 9.40. The molecule has 3 saturated carbocycles. The fraction of sp³-hybridized carbons (Fsp3) is 0.800. The summed E-state index contributed by atoms with van der Waals surface area (Å²) in [7, 11) is 0. The Morgan fingerprint density at radius 1 is 0.955 bits per heavy atom. The molecular formula is C20H28O2. The molecule has 6 atom stereocenters. The standard InChI is InChI=1S/C20H28O2/c1-18-10-11-20(3)16(15(18)6-7-17(18)22)5-4-13-12-14(21)8-9-19(13,20)2/h4-5,13,15-16H,6-12H2,1-3H3. The summed E-state index contributed by atoms with van der Waals surface area (Å²) in [6.45, 7) is 7.12. The molecule has 0 heterocycles. The van der Waals surface area contributed by atoms with E-state index in [1.165, 1.54) is 0 Å². The van der Waals surface area contributed by atoms with Gasteiger partial charge in [-0.25, -0.2) is 0 Å². The van der Waals surface area contributed by atoms with Crippen LogP contribution in [0, 0.1) is 34.0 Å². The van der Waals surface area contributed by atoms with E-state index < -0.39 is 0 Å². The smallest absolute Gasteiger partial charge is 0.139 e. The average molecular weight is 300 g/mol. The van der Waals surface area contributed by atoms with Gasteiger partial charge in [0, 0.05) is 24.7 Å². The summed E-state index contributed by atoms with van der Waals surface area (Å²) in [5.74, 6) is 2.39. The highest BCUT2D eigenvalue weighted by Crippen LogP contribution is 2.69. The molecule has 6 unspecified atom stereocenters. The SMILES string of the molecule is CC12CCC3(C)C(C=CC4CC(=O)CCC43C)C1CCC2=O. The Hall–Kier alpha value is -0.920. The minimum atomic E-state index is -0.0812. The van der Waals surface area contributed by atoms with Crippen LogP contribution in [-0.4, -0.2) is 11.6 Å². The van der Waals surface area contributed by atoms with Gasteiger partial charge in [0.15, 0.2) is 0 Å². The van der Waals surface area contributed by atoms with Crippen molar-refractivity contribution in [3.8, 4) is 0 Å². The number of carbonyl (C=O) groups excluding carboxylic acids is 2. The Morgan fingerprint density at radius 3 is 2.50 bits per heavy atom. The maximum absolute atomic E-state index is 12.4. The Kier molecular flexibility index (Phi) is 2.89. The number of hydrogen-bond acceptors (Lipinski definition) is 2. The number of Topliss-reactive ketones (excluding diaryl/α,β-unsaturated/α-hetero) is 2. The molecule has 0 aromatic carbocycles. The molecule has 0 aromatic heterocycles. The summed E-state index contributed by atoms with van der Waals surface area (Å²) in [5, 5.41) is 0. The summed E-state index contributed by atoms with van der Waals surface area (Å²) in [6.07, 6.45) is 11.3. The average Bonchev–Trinajstić information content (AvgIpc) is 2.77. The van der Waals surface area contributed by atoms with E-state index in [4.69, 9.17) is 0 Å². The Balaban J connectivity index is 1.78. The number of carbonyl (C=O) groups is 2. The van der Waals surface area contributed by atoms with Crippen molar-refractivity contribution in [2.75, 3.05) is 0 Å². The molecule has 0 aromatic rings. The maximum Gasteiger partial charge on any atom is 0.139 e. The number of hydrogen-bond donors (Lipinski definition) is 0. The Morgan fingerprint density at radius 2 is 1.73 bits per heavy atom. The third kappa shape index (κ3) is 1.57. The molecule has 2 nitrogen and oxygen atoms in total. The molecular weight excluding hydrogens is 272 g/mol. The molecule has 0 N–H and O–H groups in total. The topological polar surface area (TPSA) is 34.1 Å². The van der Waals surface area contributed by atoms with Gasteiger partial charge in [0.2, 0.25) is 0 Å². The van der Waals surface area contributed by atoms with Gasteiger partial charge in [-0.2, -0.15) is 0 Å². The zero-order chi connectivity index (χ0) is 15.8. The summed E-state index contributed by atoms with van der Waals surface area (Å²) in [6, 6.07) is 0. The van der Waals surface area contributed by atoms with Gasteiger partial charge in [-0.15, -0.1) is 0 Å². The van der Waals surface area contributed by atoms with Gasteiger partial charge in [0.05, 0.1) is 0 Å². The van der Waals surface area contributed by atoms with E-state index in [1.54, 1.807) is 0 Å². The van der Waals surface area contributed by atoms with Crippen LogP contribution < -0.4 is 0 Å². The minimum Gasteiger partial charge on any atom is -0.300 e. The second kappa shape index (κ2) is 4.33. The van der Waals surface area contributed by atoms with Crippen LogP contribution in [0.3, 0.4) is 0 Å². The van der Waals surface area contributed by atoms with Crippen LogP contribution in [0.2, 0.25) is 0 Å². The van der Waals surface area contributed by atoms with Crippen molar-refractivity contribution in [1.82, 2.24) is 0 Å². The van der Waals surface area contributed by atoms with Gasteiger partial charge in [0.1, 0.15) is 11.6 Å². The molecule has 3 fully saturated rings. The lowest BCUT2D eigenvalue weighted by Crippen LogP contribution is -2.58. The quantitative estimate of drug-likeness (QED) is 0.624. The van der Waals surface area contributed by atoms with E-state index in [9.17, 15) is 9.59 Å². The fourth-order valence-electron chi connectivity index (χ4n) is 6.54. The summed E-state index contributed by atoms with van der Waals surface area (Å²) < 4.78 is 0. The van der Waals surface area contributed by atoms with Crippen molar-refractivity contribution in [2.45, 2.75) is 65.7 Å². The van der Waals surface area contributed by atoms with Crippen molar-refractivity contribution in [3.63, 3.8) is 0 Å². The van der Waals surface area contributed by atoms with Crippen molar-refractivity contribution in [3.05, 3.63) is 12.2 Å². The molecule has 0 spiro atoms.